The summed E-state index contributed by atoms with van der Waals surface area (Å²) in [5, 5.41) is 9.63. The first-order valence-electron chi connectivity index (χ1n) is 41.5. The Balaban J connectivity index is 1.44. The summed E-state index contributed by atoms with van der Waals surface area (Å²) in [4.78, 5) is 0. The molecule has 0 nitrogen and oxygen atoms in total. The summed E-state index contributed by atoms with van der Waals surface area (Å²) in [6.45, 7) is 9.33. The molecule has 0 N–H and O–H groups in total. The van der Waals surface area contributed by atoms with Crippen LogP contribution in [-0.2, 0) is 25.7 Å². The molecule has 4 aromatic carbocycles. The molecule has 0 fully saturated rings. The smallest absolute Gasteiger partial charge is 0.00183 e. The van der Waals surface area contributed by atoms with Gasteiger partial charge in [0.1, 0.15) is 0 Å². The van der Waals surface area contributed by atoms with E-state index < -0.39 is 0 Å². The molecule has 0 saturated carbocycles. The topological polar surface area (TPSA) is 0 Å². The van der Waals surface area contributed by atoms with Crippen molar-refractivity contribution < 1.29 is 0 Å². The zero-order chi connectivity index (χ0) is 62.1. The molecule has 4 rings (SSSR count). The quantitative estimate of drug-likeness (QED) is 0.0305. The lowest BCUT2D eigenvalue weighted by molar-refractivity contribution is 0.528. The van der Waals surface area contributed by atoms with E-state index in [1.54, 1.807) is 32.7 Å². The van der Waals surface area contributed by atoms with Crippen molar-refractivity contribution in [2.24, 2.45) is 0 Å². The van der Waals surface area contributed by atoms with E-state index in [9.17, 15) is 0 Å². The number of benzene rings is 4. The Morgan fingerprint density at radius 1 is 0.182 bits per heavy atom. The predicted octanol–water partition coefficient (Wildman–Crippen LogP) is 31.8. The molecular weight excluding hydrogens is 1060 g/mol. The highest BCUT2D eigenvalue weighted by Gasteiger charge is 2.22. The molecule has 0 aliphatic rings. The molecule has 0 aliphatic carbocycles. The maximum absolute atomic E-state index is 2.72. The summed E-state index contributed by atoms with van der Waals surface area (Å²) in [5.74, 6) is 0. The van der Waals surface area contributed by atoms with Crippen molar-refractivity contribution in [3.05, 3.63) is 58.7 Å². The summed E-state index contributed by atoms with van der Waals surface area (Å²) in [5.41, 5.74) is 7.16. The summed E-state index contributed by atoms with van der Waals surface area (Å²) in [6, 6.07) is 15.2. The summed E-state index contributed by atoms with van der Waals surface area (Å²) >= 11 is 0. The Bertz CT molecular complexity index is 2100. The van der Waals surface area contributed by atoms with Crippen LogP contribution >= 0.6 is 0 Å². The molecule has 506 valence electrons. The summed E-state index contributed by atoms with van der Waals surface area (Å²) in [7, 11) is 0. The Morgan fingerprint density at radius 3 is 0.716 bits per heavy atom. The highest BCUT2D eigenvalue weighted by atomic mass is 14.3. The van der Waals surface area contributed by atoms with E-state index in [4.69, 9.17) is 0 Å². The van der Waals surface area contributed by atoms with Crippen LogP contribution in [-0.4, -0.2) is 0 Å². The van der Waals surface area contributed by atoms with Gasteiger partial charge in [-0.2, -0.15) is 0 Å². The van der Waals surface area contributed by atoms with Gasteiger partial charge in [-0.1, -0.05) is 449 Å². The van der Waals surface area contributed by atoms with Gasteiger partial charge in [-0.25, -0.2) is 0 Å². The van der Waals surface area contributed by atoms with Crippen LogP contribution in [0.15, 0.2) is 36.4 Å². The molecule has 0 aliphatic heterocycles. The fourth-order valence-electron chi connectivity index (χ4n) is 15.8. The molecule has 0 radical (unpaired) electrons. The number of aryl methyl sites for hydroxylation is 3. The molecule has 4 aromatic rings. The van der Waals surface area contributed by atoms with Crippen molar-refractivity contribution in [2.75, 3.05) is 0 Å². The van der Waals surface area contributed by atoms with Gasteiger partial charge in [0, 0.05) is 0 Å². The first-order valence-corrected chi connectivity index (χ1v) is 41.5. The fourth-order valence-corrected chi connectivity index (χ4v) is 15.8. The van der Waals surface area contributed by atoms with E-state index in [0.717, 1.165) is 0 Å². The lowest BCUT2D eigenvalue weighted by Gasteiger charge is -2.25. The summed E-state index contributed by atoms with van der Waals surface area (Å²) < 4.78 is 0. The van der Waals surface area contributed by atoms with Crippen LogP contribution in [0.25, 0.3) is 32.3 Å². The van der Waals surface area contributed by atoms with Gasteiger partial charge in [0.05, 0.1) is 0 Å². The van der Waals surface area contributed by atoms with Gasteiger partial charge in [0.15, 0.2) is 0 Å². The molecule has 0 amide bonds. The van der Waals surface area contributed by atoms with E-state index in [0.29, 0.717) is 0 Å². The van der Waals surface area contributed by atoms with Gasteiger partial charge in [-0.05, 0) is 106 Å². The van der Waals surface area contributed by atoms with Crippen molar-refractivity contribution in [3.8, 4) is 0 Å². The monoisotopic (exact) mass is 1210 g/mol. The van der Waals surface area contributed by atoms with Crippen LogP contribution in [0, 0.1) is 0 Å². The minimum atomic E-state index is 1.25. The molecule has 0 heteroatoms. The highest BCUT2D eigenvalue weighted by molar-refractivity contribution is 6.25. The largest absolute Gasteiger partial charge is 0.0654 e. The molecular formula is C88H154. The lowest BCUT2D eigenvalue weighted by Crippen LogP contribution is -2.07. The van der Waals surface area contributed by atoms with Gasteiger partial charge in [0.2, 0.25) is 0 Å². The van der Waals surface area contributed by atoms with Crippen LogP contribution in [0.4, 0.5) is 0 Å². The van der Waals surface area contributed by atoms with Crippen molar-refractivity contribution >= 4 is 32.3 Å². The first-order chi connectivity index (χ1) is 43.7. The molecule has 88 heavy (non-hydrogen) atoms. The third-order valence-corrected chi connectivity index (χ3v) is 21.5. The SMILES string of the molecule is CCCCCCCCCCCCCCCCCCc1c(CCCCCCCCCCCCCCCCCC)c2ccc3cccc4cc(CCCCCCCCCCCCCCCCCC)c(c1CCCCCCCCCCCCCCCCCC)c2c34. The zero-order valence-electron chi connectivity index (χ0n) is 60.5. The van der Waals surface area contributed by atoms with Gasteiger partial charge in [0.25, 0.3) is 0 Å². The molecule has 0 atom stereocenters. The average Bonchev–Trinajstić information content (AvgIpc) is 0.885. The fraction of sp³-hybridized carbons (Fsp3) is 0.818. The molecule has 0 bridgehead atoms. The second kappa shape index (κ2) is 57.6. The molecule has 0 unspecified atom stereocenters. The number of hydrogen-bond donors (Lipinski definition) is 0. The van der Waals surface area contributed by atoms with E-state index >= 15 is 0 Å². The number of hydrogen-bond acceptors (Lipinski definition) is 0. The maximum atomic E-state index is 2.72. The normalized spacial score (nSPS) is 12.0. The first kappa shape index (κ1) is 78.4. The zero-order valence-corrected chi connectivity index (χ0v) is 60.5. The van der Waals surface area contributed by atoms with E-state index in [2.05, 4.69) is 64.1 Å². The van der Waals surface area contributed by atoms with Crippen molar-refractivity contribution in [1.82, 2.24) is 0 Å². The molecule has 0 saturated heterocycles. The Morgan fingerprint density at radius 2 is 0.420 bits per heavy atom. The Kier molecular flexibility index (Phi) is 51.3. The second-order valence-electron chi connectivity index (χ2n) is 29.6. The number of unbranched alkanes of at least 4 members (excludes halogenated alkanes) is 60. The van der Waals surface area contributed by atoms with Crippen LogP contribution in [0.3, 0.4) is 0 Å². The third-order valence-electron chi connectivity index (χ3n) is 21.5. The second-order valence-corrected chi connectivity index (χ2v) is 29.6. The standard InChI is InChI=1S/C88H154/c1-5-9-13-17-21-25-29-33-37-41-45-49-53-57-61-65-70-81-78-80-72-69-71-79-76-77-85-83(74-67-63-59-55-51-47-43-39-35-31-27-23-19-15-11-7-3)82(73-66-62-58-54-50-46-42-38-34-30-26-22-18-14-10-6-2)84(87(81)88(85)86(79)80)75-68-64-60-56-52-48-44-40-36-32-28-24-20-16-12-8-4/h69,71-72,76-78H,5-68,70,73-75H2,1-4H3. The maximum Gasteiger partial charge on any atom is -0.00183 e. The van der Waals surface area contributed by atoms with E-state index in [1.165, 1.54) is 447 Å². The third kappa shape index (κ3) is 37.0. The summed E-state index contributed by atoms with van der Waals surface area (Å²) in [6.07, 6.45) is 97.4. The molecule has 0 aromatic heterocycles. The average molecular weight is 1210 g/mol. The molecule has 0 heterocycles. The van der Waals surface area contributed by atoms with Crippen LogP contribution < -0.4 is 0 Å². The van der Waals surface area contributed by atoms with E-state index in [1.807, 2.05) is 11.1 Å². The number of rotatable bonds is 68. The minimum absolute atomic E-state index is 1.25. The van der Waals surface area contributed by atoms with Crippen molar-refractivity contribution in [1.29, 1.82) is 0 Å². The van der Waals surface area contributed by atoms with Gasteiger partial charge >= 0.3 is 0 Å². The minimum Gasteiger partial charge on any atom is -0.0654 e. The van der Waals surface area contributed by atoms with Crippen molar-refractivity contribution in [2.45, 2.75) is 464 Å². The Hall–Kier alpha value is -2.08. The van der Waals surface area contributed by atoms with Gasteiger partial charge < -0.3 is 0 Å². The Labute approximate surface area is 552 Å². The molecule has 0 spiro atoms. The van der Waals surface area contributed by atoms with Crippen molar-refractivity contribution in [3.63, 3.8) is 0 Å². The van der Waals surface area contributed by atoms with Crippen LogP contribution in [0.2, 0.25) is 0 Å². The van der Waals surface area contributed by atoms with E-state index in [-0.39, 0.29) is 0 Å². The predicted molar refractivity (Wildman–Crippen MR) is 403 cm³/mol. The van der Waals surface area contributed by atoms with Crippen LogP contribution in [0.1, 0.15) is 461 Å². The van der Waals surface area contributed by atoms with Gasteiger partial charge in [-0.3, -0.25) is 0 Å². The lowest BCUT2D eigenvalue weighted by atomic mass is 9.79. The van der Waals surface area contributed by atoms with Gasteiger partial charge in [-0.15, -0.1) is 0 Å². The highest BCUT2D eigenvalue weighted by Crippen LogP contribution is 2.44. The van der Waals surface area contributed by atoms with Crippen LogP contribution in [0.5, 0.6) is 0 Å².